The maximum Gasteiger partial charge on any atom is 0.338 e. The van der Waals surface area contributed by atoms with Gasteiger partial charge >= 0.3 is 5.97 Å². The number of methoxy groups -OCH3 is 1. The number of rotatable bonds is 3. The minimum absolute atomic E-state index is 0.0892. The van der Waals surface area contributed by atoms with Crippen LogP contribution in [0.1, 0.15) is 10.4 Å². The summed E-state index contributed by atoms with van der Waals surface area (Å²) < 4.78 is 15.1. The molecule has 4 atom stereocenters. The number of benzene rings is 1. The van der Waals surface area contributed by atoms with Gasteiger partial charge in [0, 0.05) is 12.1 Å². The fraction of sp³-hybridized carbons (Fsp3) is 0.462. The van der Waals surface area contributed by atoms with Crippen molar-refractivity contribution in [3.8, 4) is 0 Å². The number of aliphatic hydroxyl groups excluding tert-OH is 2. The van der Waals surface area contributed by atoms with Gasteiger partial charge in [0.05, 0.1) is 12.2 Å². The standard InChI is InChI=1S/C13H15ClO6/c1-18-13-10(16)11(9(15)6-19-13)20-12(17)7-2-4-8(14)5-3-7/h2-5,9-11,13,15-16H,6H2,1H3/t9-,10-,11+,13+/m1/s1. The van der Waals surface area contributed by atoms with Gasteiger partial charge in [-0.1, -0.05) is 11.6 Å². The van der Waals surface area contributed by atoms with Crippen molar-refractivity contribution < 1.29 is 29.2 Å². The molecule has 1 aromatic carbocycles. The molecule has 0 radical (unpaired) electrons. The van der Waals surface area contributed by atoms with Crippen LogP contribution in [0.25, 0.3) is 0 Å². The van der Waals surface area contributed by atoms with Gasteiger partial charge in [-0.15, -0.1) is 0 Å². The summed E-state index contributed by atoms with van der Waals surface area (Å²) in [6, 6.07) is 6.09. The number of hydrogen-bond donors (Lipinski definition) is 2. The van der Waals surface area contributed by atoms with Crippen LogP contribution < -0.4 is 0 Å². The first-order chi connectivity index (χ1) is 9.52. The smallest absolute Gasteiger partial charge is 0.338 e. The highest BCUT2D eigenvalue weighted by Crippen LogP contribution is 2.20. The number of carbonyl (C=O) groups excluding carboxylic acids is 1. The lowest BCUT2D eigenvalue weighted by Crippen LogP contribution is -2.55. The van der Waals surface area contributed by atoms with E-state index in [4.69, 9.17) is 25.8 Å². The Morgan fingerprint density at radius 2 is 2.00 bits per heavy atom. The highest BCUT2D eigenvalue weighted by atomic mass is 35.5. The van der Waals surface area contributed by atoms with Crippen LogP contribution in [0.5, 0.6) is 0 Å². The second-order valence-corrected chi connectivity index (χ2v) is 4.81. The van der Waals surface area contributed by atoms with E-state index in [1.54, 1.807) is 12.1 Å². The molecule has 1 aliphatic rings. The molecular weight excluding hydrogens is 288 g/mol. The minimum Gasteiger partial charge on any atom is -0.453 e. The molecule has 0 unspecified atom stereocenters. The van der Waals surface area contributed by atoms with Gasteiger partial charge in [-0.25, -0.2) is 4.79 Å². The van der Waals surface area contributed by atoms with Gasteiger partial charge in [0.1, 0.15) is 12.2 Å². The van der Waals surface area contributed by atoms with E-state index >= 15 is 0 Å². The first-order valence-electron chi connectivity index (χ1n) is 6.00. The molecule has 1 aliphatic heterocycles. The van der Waals surface area contributed by atoms with Gasteiger partial charge in [-0.2, -0.15) is 0 Å². The van der Waals surface area contributed by atoms with Crippen molar-refractivity contribution in [1.29, 1.82) is 0 Å². The fourth-order valence-electron chi connectivity index (χ4n) is 1.90. The molecule has 6 nitrogen and oxygen atoms in total. The Kier molecular flexibility index (Phi) is 4.95. The molecule has 2 rings (SSSR count). The number of ether oxygens (including phenoxy) is 3. The van der Waals surface area contributed by atoms with Crippen LogP contribution in [0.3, 0.4) is 0 Å². The molecule has 0 bridgehead atoms. The second kappa shape index (κ2) is 6.51. The SMILES string of the molecule is CO[C@H]1OC[C@@H](O)[C@H](OC(=O)c2ccc(Cl)cc2)[C@H]1O. The lowest BCUT2D eigenvalue weighted by atomic mass is 10.1. The summed E-state index contributed by atoms with van der Waals surface area (Å²) in [5, 5.41) is 20.2. The van der Waals surface area contributed by atoms with E-state index in [-0.39, 0.29) is 12.2 Å². The molecule has 0 aliphatic carbocycles. The van der Waals surface area contributed by atoms with Crippen molar-refractivity contribution in [2.24, 2.45) is 0 Å². The number of esters is 1. The van der Waals surface area contributed by atoms with Crippen molar-refractivity contribution in [1.82, 2.24) is 0 Å². The molecule has 0 saturated carbocycles. The predicted octanol–water partition coefficient (Wildman–Crippen LogP) is 0.590. The van der Waals surface area contributed by atoms with Crippen LogP contribution in [-0.4, -0.2) is 54.5 Å². The van der Waals surface area contributed by atoms with E-state index in [0.717, 1.165) is 0 Å². The molecule has 110 valence electrons. The number of halogens is 1. The Balaban J connectivity index is 2.07. The molecule has 1 fully saturated rings. The van der Waals surface area contributed by atoms with Crippen molar-refractivity contribution >= 4 is 17.6 Å². The average molecular weight is 303 g/mol. The van der Waals surface area contributed by atoms with E-state index in [0.29, 0.717) is 5.02 Å². The fourth-order valence-corrected chi connectivity index (χ4v) is 2.03. The third-order valence-corrected chi connectivity index (χ3v) is 3.23. The molecule has 0 aromatic heterocycles. The molecule has 0 spiro atoms. The van der Waals surface area contributed by atoms with Gasteiger partial charge in [0.25, 0.3) is 0 Å². The predicted molar refractivity (Wildman–Crippen MR) is 69.4 cm³/mol. The van der Waals surface area contributed by atoms with Gasteiger partial charge in [0.15, 0.2) is 12.4 Å². The van der Waals surface area contributed by atoms with E-state index < -0.39 is 30.6 Å². The third kappa shape index (κ3) is 3.28. The molecule has 1 aromatic rings. The first kappa shape index (κ1) is 15.2. The quantitative estimate of drug-likeness (QED) is 0.795. The summed E-state index contributed by atoms with van der Waals surface area (Å²) in [4.78, 5) is 11.9. The molecular formula is C13H15ClO6. The highest BCUT2D eigenvalue weighted by molar-refractivity contribution is 6.30. The zero-order valence-electron chi connectivity index (χ0n) is 10.7. The zero-order valence-corrected chi connectivity index (χ0v) is 11.5. The lowest BCUT2D eigenvalue weighted by Gasteiger charge is -2.36. The van der Waals surface area contributed by atoms with Crippen molar-refractivity contribution in [2.45, 2.75) is 24.6 Å². The van der Waals surface area contributed by atoms with E-state index in [1.165, 1.54) is 19.2 Å². The summed E-state index contributed by atoms with van der Waals surface area (Å²) in [6.45, 7) is -0.0892. The molecule has 0 amide bonds. The molecule has 2 N–H and O–H groups in total. The van der Waals surface area contributed by atoms with Crippen LogP contribution >= 0.6 is 11.6 Å². The summed E-state index contributed by atoms with van der Waals surface area (Å²) in [7, 11) is 1.35. The maximum absolute atomic E-state index is 11.9. The van der Waals surface area contributed by atoms with Crippen molar-refractivity contribution in [2.75, 3.05) is 13.7 Å². The van der Waals surface area contributed by atoms with Crippen LogP contribution in [0, 0.1) is 0 Å². The second-order valence-electron chi connectivity index (χ2n) is 4.37. The Hall–Kier alpha value is -1.18. The zero-order chi connectivity index (χ0) is 14.7. The van der Waals surface area contributed by atoms with Gasteiger partial charge in [-0.05, 0) is 24.3 Å². The lowest BCUT2D eigenvalue weighted by molar-refractivity contribution is -0.261. The van der Waals surface area contributed by atoms with E-state index in [9.17, 15) is 15.0 Å². The number of aliphatic hydroxyl groups is 2. The molecule has 1 saturated heterocycles. The summed E-state index contributed by atoms with van der Waals surface area (Å²) >= 11 is 5.73. The van der Waals surface area contributed by atoms with E-state index in [1.807, 2.05) is 0 Å². The van der Waals surface area contributed by atoms with Crippen LogP contribution in [-0.2, 0) is 14.2 Å². The van der Waals surface area contributed by atoms with Gasteiger partial charge < -0.3 is 24.4 Å². The summed E-state index contributed by atoms with van der Waals surface area (Å²) in [5.74, 6) is -0.665. The Bertz CT molecular complexity index is 462. The van der Waals surface area contributed by atoms with Crippen molar-refractivity contribution in [3.05, 3.63) is 34.9 Å². The average Bonchev–Trinajstić information content (AvgIpc) is 2.44. The Morgan fingerprint density at radius 3 is 2.60 bits per heavy atom. The molecule has 1 heterocycles. The molecule has 20 heavy (non-hydrogen) atoms. The number of hydrogen-bond acceptors (Lipinski definition) is 6. The minimum atomic E-state index is -1.26. The van der Waals surface area contributed by atoms with Gasteiger partial charge in [0.2, 0.25) is 0 Å². The summed E-state index contributed by atoms with van der Waals surface area (Å²) in [6.07, 6.45) is -4.44. The van der Waals surface area contributed by atoms with Crippen LogP contribution in [0.2, 0.25) is 5.02 Å². The van der Waals surface area contributed by atoms with Crippen LogP contribution in [0.15, 0.2) is 24.3 Å². The molecule has 7 heteroatoms. The Labute approximate surface area is 120 Å². The van der Waals surface area contributed by atoms with Crippen LogP contribution in [0.4, 0.5) is 0 Å². The monoisotopic (exact) mass is 302 g/mol. The third-order valence-electron chi connectivity index (χ3n) is 2.98. The maximum atomic E-state index is 11.9. The Morgan fingerprint density at radius 1 is 1.35 bits per heavy atom. The van der Waals surface area contributed by atoms with E-state index in [2.05, 4.69) is 0 Å². The normalized spacial score (nSPS) is 30.0. The van der Waals surface area contributed by atoms with Crippen molar-refractivity contribution in [3.63, 3.8) is 0 Å². The number of carbonyl (C=O) groups is 1. The topological polar surface area (TPSA) is 85.2 Å². The first-order valence-corrected chi connectivity index (χ1v) is 6.38. The largest absolute Gasteiger partial charge is 0.453 e. The van der Waals surface area contributed by atoms with Gasteiger partial charge in [-0.3, -0.25) is 0 Å². The summed E-state index contributed by atoms with van der Waals surface area (Å²) in [5.41, 5.74) is 0.272. The highest BCUT2D eigenvalue weighted by Gasteiger charge is 2.41.